The van der Waals surface area contributed by atoms with Crippen LogP contribution < -0.4 is 11.1 Å². The van der Waals surface area contributed by atoms with Crippen LogP contribution in [0.2, 0.25) is 5.02 Å². The SMILES string of the molecule is CCCC(CCC)(C(=O)Nc1ccc(C)c(Cl)c1)C(N)=S. The monoisotopic (exact) mass is 326 g/mol. The van der Waals surface area contributed by atoms with E-state index in [1.165, 1.54) is 0 Å². The predicted octanol–water partition coefficient (Wildman–Crippen LogP) is 4.46. The molecule has 0 fully saturated rings. The molecule has 1 aromatic carbocycles. The smallest absolute Gasteiger partial charge is 0.237 e. The zero-order valence-corrected chi connectivity index (χ0v) is 14.4. The van der Waals surface area contributed by atoms with Crippen molar-refractivity contribution in [2.24, 2.45) is 11.1 Å². The van der Waals surface area contributed by atoms with Crippen LogP contribution in [0.4, 0.5) is 5.69 Å². The first kappa shape index (κ1) is 17.9. The lowest BCUT2D eigenvalue weighted by atomic mass is 9.78. The number of amides is 1. The molecule has 0 aliphatic rings. The molecule has 0 spiro atoms. The number of nitrogens with two attached hydrogens (primary N) is 1. The Balaban J connectivity index is 3.04. The van der Waals surface area contributed by atoms with E-state index >= 15 is 0 Å². The quantitative estimate of drug-likeness (QED) is 0.727. The van der Waals surface area contributed by atoms with Gasteiger partial charge in [-0.25, -0.2) is 0 Å². The average Bonchev–Trinajstić information content (AvgIpc) is 2.42. The number of hydrogen-bond acceptors (Lipinski definition) is 2. The van der Waals surface area contributed by atoms with Gasteiger partial charge in [-0.2, -0.15) is 0 Å². The normalized spacial score (nSPS) is 11.2. The molecular weight excluding hydrogens is 304 g/mol. The van der Waals surface area contributed by atoms with Crippen LogP contribution in [0.1, 0.15) is 45.1 Å². The summed E-state index contributed by atoms with van der Waals surface area (Å²) in [6, 6.07) is 5.46. The first-order chi connectivity index (χ1) is 9.87. The largest absolute Gasteiger partial charge is 0.392 e. The summed E-state index contributed by atoms with van der Waals surface area (Å²) in [7, 11) is 0. The highest BCUT2D eigenvalue weighted by atomic mass is 35.5. The summed E-state index contributed by atoms with van der Waals surface area (Å²) in [6.45, 7) is 5.97. The Morgan fingerprint density at radius 3 is 2.33 bits per heavy atom. The van der Waals surface area contributed by atoms with Gasteiger partial charge in [0, 0.05) is 10.7 Å². The van der Waals surface area contributed by atoms with Crippen LogP contribution in [0, 0.1) is 12.3 Å². The van der Waals surface area contributed by atoms with Crippen LogP contribution in [0.15, 0.2) is 18.2 Å². The van der Waals surface area contributed by atoms with Crippen LogP contribution in [-0.4, -0.2) is 10.9 Å². The van der Waals surface area contributed by atoms with Gasteiger partial charge in [-0.3, -0.25) is 4.79 Å². The number of carbonyl (C=O) groups is 1. The van der Waals surface area contributed by atoms with E-state index in [1.807, 2.05) is 32.9 Å². The van der Waals surface area contributed by atoms with Crippen LogP contribution in [0.3, 0.4) is 0 Å². The molecule has 116 valence electrons. The molecule has 0 aromatic heterocycles. The standard InChI is InChI=1S/C16H23ClN2OS/c1-4-8-16(9-5-2,14(18)21)15(20)19-12-7-6-11(3)13(17)10-12/h6-7,10H,4-5,8-9H2,1-3H3,(H2,18,21)(H,19,20). The zero-order valence-electron chi connectivity index (χ0n) is 12.8. The molecule has 0 radical (unpaired) electrons. The van der Waals surface area contributed by atoms with Crippen molar-refractivity contribution in [1.82, 2.24) is 0 Å². The number of carbonyl (C=O) groups excluding carboxylic acids is 1. The van der Waals surface area contributed by atoms with E-state index in [0.29, 0.717) is 23.6 Å². The fourth-order valence-electron chi connectivity index (χ4n) is 2.49. The van der Waals surface area contributed by atoms with E-state index in [2.05, 4.69) is 5.32 Å². The van der Waals surface area contributed by atoms with Crippen molar-refractivity contribution < 1.29 is 4.79 Å². The van der Waals surface area contributed by atoms with E-state index in [1.54, 1.807) is 6.07 Å². The van der Waals surface area contributed by atoms with Crippen LogP contribution >= 0.6 is 23.8 Å². The summed E-state index contributed by atoms with van der Waals surface area (Å²) in [5.74, 6) is -0.140. The molecule has 0 aliphatic heterocycles. The first-order valence-corrected chi connectivity index (χ1v) is 8.03. The number of nitrogens with one attached hydrogen (secondary N) is 1. The lowest BCUT2D eigenvalue weighted by molar-refractivity contribution is -0.122. The number of hydrogen-bond donors (Lipinski definition) is 2. The van der Waals surface area contributed by atoms with Gasteiger partial charge in [0.25, 0.3) is 0 Å². The predicted molar refractivity (Wildman–Crippen MR) is 93.9 cm³/mol. The molecule has 0 saturated heterocycles. The number of thiocarbonyl (C=S) groups is 1. The Morgan fingerprint density at radius 1 is 1.33 bits per heavy atom. The summed E-state index contributed by atoms with van der Waals surface area (Å²) in [5, 5.41) is 3.54. The lowest BCUT2D eigenvalue weighted by Crippen LogP contribution is -2.46. The summed E-state index contributed by atoms with van der Waals surface area (Å²) in [6.07, 6.45) is 3.00. The lowest BCUT2D eigenvalue weighted by Gasteiger charge is -2.31. The van der Waals surface area contributed by atoms with Crippen LogP contribution in [0.5, 0.6) is 0 Å². The van der Waals surface area contributed by atoms with Crippen molar-refractivity contribution in [3.8, 4) is 0 Å². The van der Waals surface area contributed by atoms with E-state index in [0.717, 1.165) is 18.4 Å². The van der Waals surface area contributed by atoms with Gasteiger partial charge >= 0.3 is 0 Å². The second-order valence-electron chi connectivity index (χ2n) is 5.36. The van der Waals surface area contributed by atoms with E-state index < -0.39 is 5.41 Å². The van der Waals surface area contributed by atoms with Crippen molar-refractivity contribution in [3.63, 3.8) is 0 Å². The highest BCUT2D eigenvalue weighted by Crippen LogP contribution is 2.32. The van der Waals surface area contributed by atoms with Crippen LogP contribution in [-0.2, 0) is 4.79 Å². The maximum Gasteiger partial charge on any atom is 0.237 e. The van der Waals surface area contributed by atoms with Crippen molar-refractivity contribution in [2.45, 2.75) is 46.5 Å². The van der Waals surface area contributed by atoms with Crippen molar-refractivity contribution in [1.29, 1.82) is 0 Å². The van der Waals surface area contributed by atoms with Gasteiger partial charge < -0.3 is 11.1 Å². The Hall–Kier alpha value is -1.13. The number of rotatable bonds is 7. The van der Waals surface area contributed by atoms with Gasteiger partial charge in [-0.15, -0.1) is 0 Å². The summed E-state index contributed by atoms with van der Waals surface area (Å²) < 4.78 is 0. The van der Waals surface area contributed by atoms with Crippen molar-refractivity contribution in [3.05, 3.63) is 28.8 Å². The Morgan fingerprint density at radius 2 is 1.90 bits per heavy atom. The Kier molecular flexibility index (Phi) is 6.62. The van der Waals surface area contributed by atoms with E-state index in [9.17, 15) is 4.79 Å². The third-order valence-corrected chi connectivity index (χ3v) is 4.49. The van der Waals surface area contributed by atoms with Crippen molar-refractivity contribution in [2.75, 3.05) is 5.32 Å². The molecule has 1 amide bonds. The minimum absolute atomic E-state index is 0.140. The molecule has 0 atom stereocenters. The Labute approximate surface area is 137 Å². The minimum Gasteiger partial charge on any atom is -0.392 e. The van der Waals surface area contributed by atoms with Gasteiger partial charge in [-0.1, -0.05) is 56.6 Å². The topological polar surface area (TPSA) is 55.1 Å². The van der Waals surface area contributed by atoms with Gasteiger partial charge in [0.05, 0.1) is 10.4 Å². The number of aryl methyl sites for hydroxylation is 1. The summed E-state index contributed by atoms with van der Waals surface area (Å²) in [4.78, 5) is 13.0. The zero-order chi connectivity index (χ0) is 16.0. The molecule has 0 heterocycles. The summed E-state index contributed by atoms with van der Waals surface area (Å²) >= 11 is 11.3. The second-order valence-corrected chi connectivity index (χ2v) is 6.21. The Bertz CT molecular complexity index is 525. The van der Waals surface area contributed by atoms with Crippen molar-refractivity contribution >= 4 is 40.4 Å². The fourth-order valence-corrected chi connectivity index (χ4v) is 2.96. The molecule has 3 N–H and O–H groups in total. The third kappa shape index (κ3) is 4.17. The number of halogens is 1. The molecule has 5 heteroatoms. The highest BCUT2D eigenvalue weighted by molar-refractivity contribution is 7.80. The van der Waals surface area contributed by atoms with Gasteiger partial charge in [0.2, 0.25) is 5.91 Å². The number of benzene rings is 1. The average molecular weight is 327 g/mol. The summed E-state index contributed by atoms with van der Waals surface area (Å²) in [5.41, 5.74) is 6.76. The second kappa shape index (κ2) is 7.76. The number of anilines is 1. The molecule has 3 nitrogen and oxygen atoms in total. The molecule has 1 rings (SSSR count). The van der Waals surface area contributed by atoms with Crippen LogP contribution in [0.25, 0.3) is 0 Å². The molecule has 0 saturated carbocycles. The fraction of sp³-hybridized carbons (Fsp3) is 0.500. The molecule has 0 aliphatic carbocycles. The van der Waals surface area contributed by atoms with Gasteiger partial charge in [0.1, 0.15) is 0 Å². The molecule has 0 bridgehead atoms. The third-order valence-electron chi connectivity index (χ3n) is 3.69. The molecular formula is C16H23ClN2OS. The van der Waals surface area contributed by atoms with E-state index in [-0.39, 0.29) is 10.9 Å². The van der Waals surface area contributed by atoms with E-state index in [4.69, 9.17) is 29.6 Å². The first-order valence-electron chi connectivity index (χ1n) is 7.25. The molecule has 0 unspecified atom stereocenters. The minimum atomic E-state index is -0.782. The maximum atomic E-state index is 12.7. The molecule has 21 heavy (non-hydrogen) atoms. The van der Waals surface area contributed by atoms with Gasteiger partial charge in [-0.05, 0) is 37.5 Å². The highest BCUT2D eigenvalue weighted by Gasteiger charge is 2.39. The maximum absolute atomic E-state index is 12.7. The van der Waals surface area contributed by atoms with Gasteiger partial charge in [0.15, 0.2) is 0 Å². The molecule has 1 aromatic rings.